The van der Waals surface area contributed by atoms with Gasteiger partial charge in [-0.25, -0.2) is 0 Å². The summed E-state index contributed by atoms with van der Waals surface area (Å²) in [6.45, 7) is 9.29. The van der Waals surface area contributed by atoms with Gasteiger partial charge in [0, 0.05) is 57.1 Å². The molecule has 33 heavy (non-hydrogen) atoms. The second-order valence-corrected chi connectivity index (χ2v) is 8.51. The Morgan fingerprint density at radius 3 is 2.33 bits per heavy atom. The summed E-state index contributed by atoms with van der Waals surface area (Å²) in [6, 6.07) is 9.83. The Labute approximate surface area is 198 Å². The Kier molecular flexibility index (Phi) is 7.32. The summed E-state index contributed by atoms with van der Waals surface area (Å²) in [5.74, 6) is -0.416. The molecule has 0 unspecified atom stereocenters. The van der Waals surface area contributed by atoms with Gasteiger partial charge >= 0.3 is 0 Å². The molecule has 1 N–H and O–H groups in total. The molecular weight excluding hydrogens is 446 g/mol. The molecule has 0 spiro atoms. The van der Waals surface area contributed by atoms with Crippen molar-refractivity contribution in [2.24, 2.45) is 0 Å². The van der Waals surface area contributed by atoms with E-state index in [4.69, 9.17) is 16.3 Å². The molecular formula is C23H28ClN5O4. The van der Waals surface area contributed by atoms with Crippen LogP contribution in [0.5, 0.6) is 0 Å². The molecule has 2 fully saturated rings. The number of ether oxygens (including phenoxy) is 1. The zero-order chi connectivity index (χ0) is 23.4. The third-order valence-corrected chi connectivity index (χ3v) is 6.46. The topological polar surface area (TPSA) is 91.2 Å². The first kappa shape index (κ1) is 23.3. The number of hydrogen-bond donors (Lipinski definition) is 1. The van der Waals surface area contributed by atoms with E-state index in [9.17, 15) is 14.9 Å². The summed E-state index contributed by atoms with van der Waals surface area (Å²) >= 11 is 6.56. The molecule has 2 aliphatic rings. The van der Waals surface area contributed by atoms with Crippen molar-refractivity contribution in [1.29, 1.82) is 0 Å². The summed E-state index contributed by atoms with van der Waals surface area (Å²) in [5, 5.41) is 14.7. The zero-order valence-electron chi connectivity index (χ0n) is 18.6. The van der Waals surface area contributed by atoms with Crippen molar-refractivity contribution in [3.8, 4) is 0 Å². The molecule has 0 atom stereocenters. The maximum Gasteiger partial charge on any atom is 0.270 e. The molecule has 0 aromatic heterocycles. The van der Waals surface area contributed by atoms with Crippen LogP contribution in [-0.2, 0) is 4.74 Å². The lowest BCUT2D eigenvalue weighted by atomic mass is 10.1. The molecule has 4 rings (SSSR count). The van der Waals surface area contributed by atoms with Gasteiger partial charge in [-0.2, -0.15) is 0 Å². The van der Waals surface area contributed by atoms with Crippen molar-refractivity contribution in [1.82, 2.24) is 4.90 Å². The number of carbonyl (C=O) groups is 1. The average Bonchev–Trinajstić information content (AvgIpc) is 2.84. The number of piperazine rings is 1. The van der Waals surface area contributed by atoms with E-state index >= 15 is 0 Å². The molecule has 2 aromatic rings. The average molecular weight is 474 g/mol. The number of benzene rings is 2. The van der Waals surface area contributed by atoms with Gasteiger partial charge in [-0.05, 0) is 30.8 Å². The highest BCUT2D eigenvalue weighted by molar-refractivity contribution is 6.33. The highest BCUT2D eigenvalue weighted by Crippen LogP contribution is 2.31. The van der Waals surface area contributed by atoms with E-state index < -0.39 is 10.8 Å². The number of nitro benzene ring substituents is 1. The smallest absolute Gasteiger partial charge is 0.270 e. The van der Waals surface area contributed by atoms with Crippen LogP contribution in [0.15, 0.2) is 36.4 Å². The van der Waals surface area contributed by atoms with Crippen LogP contribution >= 0.6 is 11.6 Å². The number of amides is 1. The fourth-order valence-electron chi connectivity index (χ4n) is 4.24. The summed E-state index contributed by atoms with van der Waals surface area (Å²) < 4.78 is 5.39. The van der Waals surface area contributed by atoms with E-state index in [-0.39, 0.29) is 11.3 Å². The first-order chi connectivity index (χ1) is 16.0. The van der Waals surface area contributed by atoms with Crippen LogP contribution in [0.4, 0.5) is 22.7 Å². The van der Waals surface area contributed by atoms with Gasteiger partial charge in [-0.15, -0.1) is 0 Å². The number of halogens is 1. The minimum atomic E-state index is -0.496. The SMILES string of the molecule is CCN1CCN(c2ccc(NC(=O)c3cc([N+](=O)[O-])ccc3N3CCOCC3)cc2Cl)CC1. The van der Waals surface area contributed by atoms with Crippen LogP contribution in [-0.4, -0.2) is 74.8 Å². The number of hydrogen-bond acceptors (Lipinski definition) is 7. The van der Waals surface area contributed by atoms with Crippen molar-refractivity contribution in [3.05, 3.63) is 57.1 Å². The van der Waals surface area contributed by atoms with Crippen LogP contribution in [0.25, 0.3) is 0 Å². The maximum absolute atomic E-state index is 13.2. The fourth-order valence-corrected chi connectivity index (χ4v) is 4.54. The van der Waals surface area contributed by atoms with Crippen LogP contribution < -0.4 is 15.1 Å². The van der Waals surface area contributed by atoms with E-state index in [0.29, 0.717) is 42.7 Å². The number of anilines is 3. The third-order valence-electron chi connectivity index (χ3n) is 6.15. The van der Waals surface area contributed by atoms with E-state index in [0.717, 1.165) is 38.4 Å². The third kappa shape index (κ3) is 5.38. The van der Waals surface area contributed by atoms with Gasteiger partial charge in [0.1, 0.15) is 0 Å². The summed E-state index contributed by atoms with van der Waals surface area (Å²) in [4.78, 5) is 30.6. The molecule has 176 valence electrons. The summed E-state index contributed by atoms with van der Waals surface area (Å²) in [7, 11) is 0. The molecule has 0 aliphatic carbocycles. The molecule has 10 heteroatoms. The second-order valence-electron chi connectivity index (χ2n) is 8.10. The standard InChI is InChI=1S/C23H28ClN5O4/c1-2-26-7-9-27(10-8-26)22-5-3-17(15-20(22)24)25-23(30)19-16-18(29(31)32)4-6-21(19)28-11-13-33-14-12-28/h3-6,15-16H,2,7-14H2,1H3,(H,25,30). The van der Waals surface area contributed by atoms with Crippen molar-refractivity contribution in [2.75, 3.05) is 74.1 Å². The van der Waals surface area contributed by atoms with Crippen LogP contribution in [0.2, 0.25) is 5.02 Å². The molecule has 2 aromatic carbocycles. The normalized spacial score (nSPS) is 17.2. The highest BCUT2D eigenvalue weighted by Gasteiger charge is 2.23. The predicted octanol–water partition coefficient (Wildman–Crippen LogP) is 3.48. The van der Waals surface area contributed by atoms with Gasteiger partial charge in [-0.3, -0.25) is 14.9 Å². The lowest BCUT2D eigenvalue weighted by Crippen LogP contribution is -2.46. The van der Waals surface area contributed by atoms with Crippen LogP contribution in [0, 0.1) is 10.1 Å². The minimum Gasteiger partial charge on any atom is -0.378 e. The fraction of sp³-hybridized carbons (Fsp3) is 0.435. The highest BCUT2D eigenvalue weighted by atomic mass is 35.5. The molecule has 2 aliphatic heterocycles. The molecule has 2 saturated heterocycles. The number of likely N-dealkylation sites (N-methyl/N-ethyl adjacent to an activating group) is 1. The molecule has 1 amide bonds. The number of nitro groups is 1. The lowest BCUT2D eigenvalue weighted by molar-refractivity contribution is -0.384. The van der Waals surface area contributed by atoms with Gasteiger partial charge in [0.05, 0.1) is 40.1 Å². The van der Waals surface area contributed by atoms with Gasteiger partial charge in [0.25, 0.3) is 11.6 Å². The van der Waals surface area contributed by atoms with Gasteiger partial charge in [-0.1, -0.05) is 18.5 Å². The largest absolute Gasteiger partial charge is 0.378 e. The molecule has 2 heterocycles. The Morgan fingerprint density at radius 2 is 1.70 bits per heavy atom. The number of morpholine rings is 1. The first-order valence-electron chi connectivity index (χ1n) is 11.2. The minimum absolute atomic E-state index is 0.128. The Balaban J connectivity index is 1.53. The number of nitrogens with zero attached hydrogens (tertiary/aromatic N) is 4. The van der Waals surface area contributed by atoms with Crippen molar-refractivity contribution in [3.63, 3.8) is 0 Å². The Hall–Kier alpha value is -2.88. The molecule has 0 saturated carbocycles. The van der Waals surface area contributed by atoms with Crippen LogP contribution in [0.3, 0.4) is 0 Å². The van der Waals surface area contributed by atoms with Crippen molar-refractivity contribution in [2.45, 2.75) is 6.92 Å². The van der Waals surface area contributed by atoms with Gasteiger partial charge in [0.2, 0.25) is 0 Å². The number of carbonyl (C=O) groups excluding carboxylic acids is 1. The quantitative estimate of drug-likeness (QED) is 0.507. The predicted molar refractivity (Wildman–Crippen MR) is 130 cm³/mol. The van der Waals surface area contributed by atoms with Crippen molar-refractivity contribution < 1.29 is 14.5 Å². The second kappa shape index (κ2) is 10.4. The van der Waals surface area contributed by atoms with E-state index in [1.165, 1.54) is 12.1 Å². The summed E-state index contributed by atoms with van der Waals surface area (Å²) in [6.07, 6.45) is 0. The Morgan fingerprint density at radius 1 is 1.03 bits per heavy atom. The molecule has 0 radical (unpaired) electrons. The molecule has 9 nitrogen and oxygen atoms in total. The first-order valence-corrected chi connectivity index (χ1v) is 11.5. The van der Waals surface area contributed by atoms with Gasteiger partial charge < -0.3 is 24.8 Å². The number of non-ortho nitro benzene ring substituents is 1. The van der Waals surface area contributed by atoms with E-state index in [1.807, 2.05) is 17.0 Å². The Bertz CT molecular complexity index is 1020. The zero-order valence-corrected chi connectivity index (χ0v) is 19.4. The monoisotopic (exact) mass is 473 g/mol. The van der Waals surface area contributed by atoms with Gasteiger partial charge in [0.15, 0.2) is 0 Å². The van der Waals surface area contributed by atoms with Crippen molar-refractivity contribution >= 4 is 40.3 Å². The van der Waals surface area contributed by atoms with E-state index in [2.05, 4.69) is 22.0 Å². The maximum atomic E-state index is 13.2. The number of rotatable bonds is 6. The molecule has 0 bridgehead atoms. The van der Waals surface area contributed by atoms with Crippen LogP contribution in [0.1, 0.15) is 17.3 Å². The van der Waals surface area contributed by atoms with E-state index in [1.54, 1.807) is 12.1 Å². The summed E-state index contributed by atoms with van der Waals surface area (Å²) in [5.41, 5.74) is 2.26. The number of nitrogens with one attached hydrogen (secondary N) is 1. The lowest BCUT2D eigenvalue weighted by Gasteiger charge is -2.36.